The first-order valence-electron chi connectivity index (χ1n) is 6.30. The number of pyridine rings is 1. The van der Waals surface area contributed by atoms with Crippen LogP contribution in [0.4, 0.5) is 11.6 Å². The molecular formula is C13H18N4O. The molecule has 0 radical (unpaired) electrons. The first kappa shape index (κ1) is 12.7. The van der Waals surface area contributed by atoms with Crippen molar-refractivity contribution in [2.24, 2.45) is 0 Å². The number of aromatic nitrogens is 1. The summed E-state index contributed by atoms with van der Waals surface area (Å²) in [6.07, 6.45) is 0.716. The molecule has 18 heavy (non-hydrogen) atoms. The van der Waals surface area contributed by atoms with Gasteiger partial charge in [0.05, 0.1) is 19.2 Å². The molecule has 0 aromatic carbocycles. The zero-order valence-corrected chi connectivity index (χ0v) is 10.6. The zero-order chi connectivity index (χ0) is 12.8. The van der Waals surface area contributed by atoms with Crippen LogP contribution in [0.3, 0.4) is 0 Å². The third-order valence-electron chi connectivity index (χ3n) is 2.82. The maximum absolute atomic E-state index is 8.89. The lowest BCUT2D eigenvalue weighted by Gasteiger charge is -2.30. The van der Waals surface area contributed by atoms with Crippen molar-refractivity contribution in [1.82, 2.24) is 4.98 Å². The molecule has 0 spiro atoms. The molecule has 1 N–H and O–H groups in total. The Balaban J connectivity index is 2.05. The van der Waals surface area contributed by atoms with Gasteiger partial charge in [0.15, 0.2) is 6.10 Å². The van der Waals surface area contributed by atoms with Crippen molar-refractivity contribution in [3.63, 3.8) is 0 Å². The monoisotopic (exact) mass is 246 g/mol. The van der Waals surface area contributed by atoms with Gasteiger partial charge >= 0.3 is 0 Å². The number of anilines is 2. The minimum Gasteiger partial charge on any atom is -0.370 e. The fourth-order valence-corrected chi connectivity index (χ4v) is 1.89. The third-order valence-corrected chi connectivity index (χ3v) is 2.82. The molecule has 0 amide bonds. The van der Waals surface area contributed by atoms with Crippen LogP contribution in [0.5, 0.6) is 0 Å². The van der Waals surface area contributed by atoms with Crippen molar-refractivity contribution in [2.45, 2.75) is 19.4 Å². The molecule has 5 heteroatoms. The Hall–Kier alpha value is -1.80. The molecule has 2 heterocycles. The van der Waals surface area contributed by atoms with Gasteiger partial charge in [0.2, 0.25) is 0 Å². The van der Waals surface area contributed by atoms with Crippen LogP contribution in [0.15, 0.2) is 18.2 Å². The highest BCUT2D eigenvalue weighted by Gasteiger charge is 2.20. The Morgan fingerprint density at radius 2 is 2.50 bits per heavy atom. The smallest absolute Gasteiger partial charge is 0.161 e. The number of hydrogen-bond donors (Lipinski definition) is 1. The molecule has 0 bridgehead atoms. The molecule has 2 rings (SSSR count). The van der Waals surface area contributed by atoms with E-state index in [0.29, 0.717) is 13.2 Å². The van der Waals surface area contributed by atoms with Crippen LogP contribution >= 0.6 is 0 Å². The highest BCUT2D eigenvalue weighted by molar-refractivity contribution is 5.47. The number of hydrogen-bond acceptors (Lipinski definition) is 5. The number of morpholine rings is 1. The largest absolute Gasteiger partial charge is 0.370 e. The molecule has 1 saturated heterocycles. The second-order valence-corrected chi connectivity index (χ2v) is 4.24. The third kappa shape index (κ3) is 3.11. The summed E-state index contributed by atoms with van der Waals surface area (Å²) in [7, 11) is 0. The molecular weight excluding hydrogens is 228 g/mol. The molecule has 1 atom stereocenters. The van der Waals surface area contributed by atoms with Crippen LogP contribution in [-0.4, -0.2) is 37.3 Å². The summed E-state index contributed by atoms with van der Waals surface area (Å²) in [5.74, 6) is 1.79. The maximum Gasteiger partial charge on any atom is 0.161 e. The number of ether oxygens (including phenoxy) is 1. The predicted octanol–water partition coefficient (Wildman–Crippen LogP) is 1.63. The molecule has 5 nitrogen and oxygen atoms in total. The number of nitrogens with zero attached hydrogens (tertiary/aromatic N) is 3. The molecule has 0 saturated carbocycles. The quantitative estimate of drug-likeness (QED) is 0.875. The van der Waals surface area contributed by atoms with Gasteiger partial charge in [0.25, 0.3) is 0 Å². The van der Waals surface area contributed by atoms with Gasteiger partial charge < -0.3 is 15.0 Å². The van der Waals surface area contributed by atoms with E-state index in [1.165, 1.54) is 0 Å². The molecule has 1 aliphatic rings. The van der Waals surface area contributed by atoms with E-state index < -0.39 is 0 Å². The zero-order valence-electron chi connectivity index (χ0n) is 10.6. The topological polar surface area (TPSA) is 61.2 Å². The highest BCUT2D eigenvalue weighted by atomic mass is 16.5. The van der Waals surface area contributed by atoms with Crippen LogP contribution in [0.2, 0.25) is 0 Å². The summed E-state index contributed by atoms with van der Waals surface area (Å²) >= 11 is 0. The fraction of sp³-hybridized carbons (Fsp3) is 0.538. The van der Waals surface area contributed by atoms with Crippen LogP contribution < -0.4 is 10.2 Å². The predicted molar refractivity (Wildman–Crippen MR) is 70.6 cm³/mol. The van der Waals surface area contributed by atoms with Gasteiger partial charge in [-0.25, -0.2) is 4.98 Å². The first-order valence-corrected chi connectivity index (χ1v) is 6.30. The molecule has 96 valence electrons. The normalized spacial score (nSPS) is 19.3. The fourth-order valence-electron chi connectivity index (χ4n) is 1.89. The van der Waals surface area contributed by atoms with Gasteiger partial charge in [-0.2, -0.15) is 5.26 Å². The summed E-state index contributed by atoms with van der Waals surface area (Å²) < 4.78 is 5.33. The SMILES string of the molecule is CCCNc1cccc(N2CCOC(C#N)C2)n1. The summed E-state index contributed by atoms with van der Waals surface area (Å²) in [6.45, 7) is 4.98. The minimum atomic E-state index is -0.354. The molecule has 1 aromatic rings. The Bertz CT molecular complexity index is 429. The Morgan fingerprint density at radius 3 is 3.28 bits per heavy atom. The lowest BCUT2D eigenvalue weighted by Crippen LogP contribution is -2.42. The van der Waals surface area contributed by atoms with Gasteiger partial charge in [-0.3, -0.25) is 0 Å². The summed E-state index contributed by atoms with van der Waals surface area (Å²) in [6, 6.07) is 8.06. The average Bonchev–Trinajstić information content (AvgIpc) is 2.45. The van der Waals surface area contributed by atoms with Crippen molar-refractivity contribution in [2.75, 3.05) is 36.5 Å². The van der Waals surface area contributed by atoms with Gasteiger partial charge in [-0.05, 0) is 18.6 Å². The van der Waals surface area contributed by atoms with Gasteiger partial charge in [0, 0.05) is 13.1 Å². The van der Waals surface area contributed by atoms with E-state index in [4.69, 9.17) is 10.00 Å². The van der Waals surface area contributed by atoms with Gasteiger partial charge in [0.1, 0.15) is 11.6 Å². The minimum absolute atomic E-state index is 0.354. The van der Waals surface area contributed by atoms with E-state index in [1.54, 1.807) is 0 Å². The van der Waals surface area contributed by atoms with Crippen molar-refractivity contribution in [3.05, 3.63) is 18.2 Å². The van der Waals surface area contributed by atoms with Crippen molar-refractivity contribution < 1.29 is 4.74 Å². The average molecular weight is 246 g/mol. The van der Waals surface area contributed by atoms with Crippen LogP contribution in [0.25, 0.3) is 0 Å². The molecule has 1 fully saturated rings. The molecule has 1 aliphatic heterocycles. The Labute approximate surface area is 107 Å². The van der Waals surface area contributed by atoms with Crippen molar-refractivity contribution >= 4 is 11.6 Å². The number of nitriles is 1. The van der Waals surface area contributed by atoms with Crippen LogP contribution in [0, 0.1) is 11.3 Å². The highest BCUT2D eigenvalue weighted by Crippen LogP contribution is 2.17. The lowest BCUT2D eigenvalue weighted by atomic mass is 10.3. The van der Waals surface area contributed by atoms with E-state index in [-0.39, 0.29) is 6.10 Å². The lowest BCUT2D eigenvalue weighted by molar-refractivity contribution is 0.0761. The molecule has 1 unspecified atom stereocenters. The maximum atomic E-state index is 8.89. The number of nitrogens with one attached hydrogen (secondary N) is 1. The van der Waals surface area contributed by atoms with Crippen LogP contribution in [-0.2, 0) is 4.74 Å². The summed E-state index contributed by atoms with van der Waals surface area (Å²) in [5.41, 5.74) is 0. The van der Waals surface area contributed by atoms with Gasteiger partial charge in [-0.1, -0.05) is 13.0 Å². The Kier molecular flexibility index (Phi) is 4.37. The molecule has 0 aliphatic carbocycles. The van der Waals surface area contributed by atoms with Crippen molar-refractivity contribution in [1.29, 1.82) is 5.26 Å². The van der Waals surface area contributed by atoms with E-state index >= 15 is 0 Å². The standard InChI is InChI=1S/C13H18N4O/c1-2-6-15-12-4-3-5-13(16-12)17-7-8-18-11(9-14)10-17/h3-5,11H,2,6-8,10H2,1H3,(H,15,16). The second kappa shape index (κ2) is 6.22. The molecule has 1 aromatic heterocycles. The van der Waals surface area contributed by atoms with E-state index in [2.05, 4.69) is 28.2 Å². The van der Waals surface area contributed by atoms with E-state index in [9.17, 15) is 0 Å². The first-order chi connectivity index (χ1) is 8.83. The number of rotatable bonds is 4. The summed E-state index contributed by atoms with van der Waals surface area (Å²) in [5, 5.41) is 12.2. The van der Waals surface area contributed by atoms with Crippen molar-refractivity contribution in [3.8, 4) is 6.07 Å². The van der Waals surface area contributed by atoms with Crippen LogP contribution in [0.1, 0.15) is 13.3 Å². The van der Waals surface area contributed by atoms with E-state index in [1.807, 2.05) is 18.2 Å². The van der Waals surface area contributed by atoms with Gasteiger partial charge in [-0.15, -0.1) is 0 Å². The second-order valence-electron chi connectivity index (χ2n) is 4.24. The summed E-state index contributed by atoms with van der Waals surface area (Å²) in [4.78, 5) is 6.64. The van der Waals surface area contributed by atoms with E-state index in [0.717, 1.165) is 31.1 Å². The Morgan fingerprint density at radius 1 is 1.61 bits per heavy atom.